The summed E-state index contributed by atoms with van der Waals surface area (Å²) in [6.45, 7) is 0. The van der Waals surface area contributed by atoms with E-state index in [2.05, 4.69) is 15.3 Å². The van der Waals surface area contributed by atoms with Crippen molar-refractivity contribution in [2.75, 3.05) is 5.32 Å². The molecule has 0 saturated carbocycles. The zero-order valence-electron chi connectivity index (χ0n) is 12.3. The largest absolute Gasteiger partial charge is 0.308 e. The van der Waals surface area contributed by atoms with Crippen LogP contribution in [-0.2, 0) is 4.79 Å². The van der Waals surface area contributed by atoms with Gasteiger partial charge in [-0.3, -0.25) is 9.78 Å². The zero-order chi connectivity index (χ0) is 15.9. The van der Waals surface area contributed by atoms with Crippen molar-refractivity contribution < 1.29 is 4.79 Å². The molecule has 5 heteroatoms. The molecule has 4 nitrogen and oxygen atoms in total. The standard InChI is InChI=1S/C18H15N3OS/c22-18(21-16-13-19-11-12-20-16)17(14-7-3-1-4-8-14)23-15-9-5-2-6-10-15/h1-13,17H,(H,20,21,22)/t17-/m1/s1. The second-order valence-electron chi connectivity index (χ2n) is 4.80. The van der Waals surface area contributed by atoms with Gasteiger partial charge in [-0.25, -0.2) is 4.98 Å². The molecule has 0 radical (unpaired) electrons. The molecule has 0 saturated heterocycles. The van der Waals surface area contributed by atoms with Gasteiger partial charge in [-0.05, 0) is 17.7 Å². The summed E-state index contributed by atoms with van der Waals surface area (Å²) in [5.74, 6) is 0.331. The highest BCUT2D eigenvalue weighted by molar-refractivity contribution is 8.00. The molecule has 0 bridgehead atoms. The molecule has 1 heterocycles. The third kappa shape index (κ3) is 4.17. The average Bonchev–Trinajstić information content (AvgIpc) is 2.62. The fourth-order valence-corrected chi connectivity index (χ4v) is 3.14. The van der Waals surface area contributed by atoms with E-state index in [-0.39, 0.29) is 11.2 Å². The van der Waals surface area contributed by atoms with Crippen LogP contribution in [0.15, 0.2) is 84.1 Å². The summed E-state index contributed by atoms with van der Waals surface area (Å²) in [5, 5.41) is 2.47. The number of anilines is 1. The van der Waals surface area contributed by atoms with Crippen LogP contribution < -0.4 is 5.32 Å². The maximum Gasteiger partial charge on any atom is 0.243 e. The van der Waals surface area contributed by atoms with E-state index >= 15 is 0 Å². The molecule has 0 unspecified atom stereocenters. The minimum absolute atomic E-state index is 0.120. The molecule has 0 aliphatic rings. The van der Waals surface area contributed by atoms with E-state index in [1.165, 1.54) is 18.0 Å². The number of aromatic nitrogens is 2. The number of carbonyl (C=O) groups excluding carboxylic acids is 1. The second-order valence-corrected chi connectivity index (χ2v) is 5.98. The number of nitrogens with zero attached hydrogens (tertiary/aromatic N) is 2. The molecule has 2 aromatic carbocycles. The fraction of sp³-hybridized carbons (Fsp3) is 0.0556. The monoisotopic (exact) mass is 321 g/mol. The highest BCUT2D eigenvalue weighted by Gasteiger charge is 2.22. The Morgan fingerprint density at radius 3 is 2.30 bits per heavy atom. The molecule has 0 spiro atoms. The smallest absolute Gasteiger partial charge is 0.243 e. The van der Waals surface area contributed by atoms with Crippen LogP contribution in [0, 0.1) is 0 Å². The summed E-state index contributed by atoms with van der Waals surface area (Å²) in [7, 11) is 0. The number of amides is 1. The first kappa shape index (κ1) is 15.2. The molecular weight excluding hydrogens is 306 g/mol. The van der Waals surface area contributed by atoms with E-state index < -0.39 is 0 Å². The third-order valence-corrected chi connectivity index (χ3v) is 4.42. The number of carbonyl (C=O) groups is 1. The van der Waals surface area contributed by atoms with Crippen LogP contribution in [0.3, 0.4) is 0 Å². The normalized spacial score (nSPS) is 11.7. The topological polar surface area (TPSA) is 54.9 Å². The van der Waals surface area contributed by atoms with Gasteiger partial charge in [0, 0.05) is 17.3 Å². The van der Waals surface area contributed by atoms with Gasteiger partial charge < -0.3 is 5.32 Å². The van der Waals surface area contributed by atoms with Crippen molar-refractivity contribution in [3.05, 3.63) is 84.8 Å². The molecule has 23 heavy (non-hydrogen) atoms. The predicted molar refractivity (Wildman–Crippen MR) is 92.1 cm³/mol. The minimum Gasteiger partial charge on any atom is -0.308 e. The van der Waals surface area contributed by atoms with Gasteiger partial charge >= 0.3 is 0 Å². The van der Waals surface area contributed by atoms with E-state index in [0.29, 0.717) is 5.82 Å². The van der Waals surface area contributed by atoms with Crippen molar-refractivity contribution in [3.63, 3.8) is 0 Å². The van der Waals surface area contributed by atoms with Gasteiger partial charge in [-0.15, -0.1) is 11.8 Å². The Bertz CT molecular complexity index is 751. The Kier molecular flexibility index (Phi) is 5.01. The number of hydrogen-bond acceptors (Lipinski definition) is 4. The highest BCUT2D eigenvalue weighted by Crippen LogP contribution is 2.35. The van der Waals surface area contributed by atoms with E-state index in [1.807, 2.05) is 60.7 Å². The highest BCUT2D eigenvalue weighted by atomic mass is 32.2. The molecule has 3 rings (SSSR count). The molecule has 114 valence electrons. The lowest BCUT2D eigenvalue weighted by atomic mass is 10.1. The number of benzene rings is 2. The van der Waals surface area contributed by atoms with Crippen LogP contribution in [0.4, 0.5) is 5.82 Å². The summed E-state index contributed by atoms with van der Waals surface area (Å²) in [6.07, 6.45) is 4.66. The Balaban J connectivity index is 1.84. The van der Waals surface area contributed by atoms with Crippen LogP contribution in [0.25, 0.3) is 0 Å². The van der Waals surface area contributed by atoms with Crippen molar-refractivity contribution >= 4 is 23.5 Å². The predicted octanol–water partition coefficient (Wildman–Crippen LogP) is 3.95. The van der Waals surface area contributed by atoms with Crippen molar-refractivity contribution in [2.24, 2.45) is 0 Å². The van der Waals surface area contributed by atoms with Crippen LogP contribution in [0.5, 0.6) is 0 Å². The summed E-state index contributed by atoms with van der Waals surface area (Å²) >= 11 is 1.51. The SMILES string of the molecule is O=C(Nc1cnccn1)[C@H](Sc1ccccc1)c1ccccc1. The van der Waals surface area contributed by atoms with Gasteiger partial charge in [0.2, 0.25) is 5.91 Å². The quantitative estimate of drug-likeness (QED) is 0.723. The maximum atomic E-state index is 12.7. The van der Waals surface area contributed by atoms with Gasteiger partial charge in [-0.2, -0.15) is 0 Å². The Morgan fingerprint density at radius 1 is 0.957 bits per heavy atom. The Labute approximate surface area is 139 Å². The molecule has 1 N–H and O–H groups in total. The zero-order valence-corrected chi connectivity index (χ0v) is 13.1. The van der Waals surface area contributed by atoms with Gasteiger partial charge in [0.1, 0.15) is 5.25 Å². The molecule has 0 aliphatic heterocycles. The molecule has 1 amide bonds. The van der Waals surface area contributed by atoms with Gasteiger partial charge in [0.15, 0.2) is 5.82 Å². The molecule has 0 aliphatic carbocycles. The van der Waals surface area contributed by atoms with E-state index in [0.717, 1.165) is 10.5 Å². The van der Waals surface area contributed by atoms with Crippen molar-refractivity contribution in [2.45, 2.75) is 10.1 Å². The van der Waals surface area contributed by atoms with Crippen LogP contribution in [0.2, 0.25) is 0 Å². The van der Waals surface area contributed by atoms with Crippen LogP contribution >= 0.6 is 11.8 Å². The van der Waals surface area contributed by atoms with Crippen molar-refractivity contribution in [3.8, 4) is 0 Å². The van der Waals surface area contributed by atoms with E-state index in [4.69, 9.17) is 0 Å². The lowest BCUT2D eigenvalue weighted by Crippen LogP contribution is -2.19. The summed E-state index contributed by atoms with van der Waals surface area (Å²) in [4.78, 5) is 21.8. The fourth-order valence-electron chi connectivity index (χ4n) is 2.09. The minimum atomic E-state index is -0.361. The van der Waals surface area contributed by atoms with Gasteiger partial charge in [0.25, 0.3) is 0 Å². The number of nitrogens with one attached hydrogen (secondary N) is 1. The second kappa shape index (κ2) is 7.56. The third-order valence-electron chi connectivity index (χ3n) is 3.15. The van der Waals surface area contributed by atoms with E-state index in [1.54, 1.807) is 12.4 Å². The first-order valence-corrected chi connectivity index (χ1v) is 8.04. The molecule has 1 atom stereocenters. The lowest BCUT2D eigenvalue weighted by Gasteiger charge is -2.16. The Morgan fingerprint density at radius 2 is 1.65 bits per heavy atom. The summed E-state index contributed by atoms with van der Waals surface area (Å²) in [6, 6.07) is 19.6. The lowest BCUT2D eigenvalue weighted by molar-refractivity contribution is -0.115. The van der Waals surface area contributed by atoms with Crippen molar-refractivity contribution in [1.29, 1.82) is 0 Å². The summed E-state index contributed by atoms with van der Waals surface area (Å²) in [5.41, 5.74) is 0.947. The van der Waals surface area contributed by atoms with E-state index in [9.17, 15) is 4.79 Å². The molecular formula is C18H15N3OS. The van der Waals surface area contributed by atoms with Crippen LogP contribution in [-0.4, -0.2) is 15.9 Å². The van der Waals surface area contributed by atoms with Gasteiger partial charge in [0.05, 0.1) is 6.20 Å². The number of rotatable bonds is 5. The first-order valence-electron chi connectivity index (χ1n) is 7.16. The number of hydrogen-bond donors (Lipinski definition) is 1. The van der Waals surface area contributed by atoms with Crippen LogP contribution in [0.1, 0.15) is 10.8 Å². The Hall–Kier alpha value is -2.66. The maximum absolute atomic E-state index is 12.7. The van der Waals surface area contributed by atoms with Gasteiger partial charge in [-0.1, -0.05) is 48.5 Å². The molecule has 3 aromatic rings. The van der Waals surface area contributed by atoms with Crippen molar-refractivity contribution in [1.82, 2.24) is 9.97 Å². The molecule has 1 aromatic heterocycles. The first-order chi connectivity index (χ1) is 11.3. The average molecular weight is 321 g/mol. The number of thioether (sulfide) groups is 1. The molecule has 0 fully saturated rings. The summed E-state index contributed by atoms with van der Waals surface area (Å²) < 4.78 is 0.